The van der Waals surface area contributed by atoms with Gasteiger partial charge in [-0.15, -0.1) is 0 Å². The molecule has 0 bridgehead atoms. The number of halogens is 7. The summed E-state index contributed by atoms with van der Waals surface area (Å²) in [6.07, 6.45) is -9.98. The highest BCUT2D eigenvalue weighted by Gasteiger charge is 2.41. The summed E-state index contributed by atoms with van der Waals surface area (Å²) in [5.74, 6) is -2.80. The Morgan fingerprint density at radius 1 is 1.03 bits per heavy atom. The molecule has 0 saturated carbocycles. The molecular weight excluding hydrogens is 541 g/mol. The number of alkyl halides is 6. The van der Waals surface area contributed by atoms with Gasteiger partial charge in [-0.3, -0.25) is 4.79 Å². The minimum absolute atomic E-state index is 0.0128. The van der Waals surface area contributed by atoms with Crippen LogP contribution in [0.1, 0.15) is 47.1 Å². The van der Waals surface area contributed by atoms with Crippen LogP contribution < -0.4 is 0 Å². The van der Waals surface area contributed by atoms with Crippen LogP contribution in [0.25, 0.3) is 0 Å². The fourth-order valence-electron chi connectivity index (χ4n) is 4.77. The summed E-state index contributed by atoms with van der Waals surface area (Å²) >= 11 is 0. The van der Waals surface area contributed by atoms with Gasteiger partial charge in [0.25, 0.3) is 0 Å². The van der Waals surface area contributed by atoms with Crippen molar-refractivity contribution in [3.63, 3.8) is 0 Å². The molecule has 0 aromatic heterocycles. The van der Waals surface area contributed by atoms with Crippen LogP contribution in [-0.2, 0) is 33.7 Å². The Balaban J connectivity index is 1.95. The van der Waals surface area contributed by atoms with Crippen molar-refractivity contribution in [2.24, 2.45) is 5.92 Å². The summed E-state index contributed by atoms with van der Waals surface area (Å²) in [6.45, 7) is 2.49. The van der Waals surface area contributed by atoms with Crippen LogP contribution >= 0.6 is 0 Å². The molecule has 1 aliphatic heterocycles. The Morgan fingerprint density at radius 3 is 2.11 bits per heavy atom. The number of amides is 1. The lowest BCUT2D eigenvalue weighted by Gasteiger charge is -2.39. The van der Waals surface area contributed by atoms with Crippen molar-refractivity contribution in [2.75, 3.05) is 25.9 Å². The molecule has 5 nitrogen and oxygen atoms in total. The zero-order valence-electron chi connectivity index (χ0n) is 20.8. The average Bonchev–Trinajstić information content (AvgIpc) is 2.82. The van der Waals surface area contributed by atoms with Gasteiger partial charge in [-0.25, -0.2) is 17.1 Å². The summed E-state index contributed by atoms with van der Waals surface area (Å²) in [7, 11) is -2.35. The lowest BCUT2D eigenvalue weighted by Crippen LogP contribution is -2.48. The maximum Gasteiger partial charge on any atom is 0.416 e. The number of hydrogen-bond acceptors (Lipinski definition) is 3. The lowest BCUT2D eigenvalue weighted by molar-refractivity contribution is -0.143. The Kier molecular flexibility index (Phi) is 8.52. The summed E-state index contributed by atoms with van der Waals surface area (Å²) < 4.78 is 120. The molecule has 1 heterocycles. The van der Waals surface area contributed by atoms with Crippen LogP contribution in [0.3, 0.4) is 0 Å². The molecule has 2 atom stereocenters. The van der Waals surface area contributed by atoms with Crippen molar-refractivity contribution in [3.8, 4) is 0 Å². The average molecular weight is 569 g/mol. The molecule has 0 spiro atoms. The third kappa shape index (κ3) is 6.66. The van der Waals surface area contributed by atoms with Gasteiger partial charge in [-0.1, -0.05) is 6.07 Å². The molecule has 13 heteroatoms. The van der Waals surface area contributed by atoms with E-state index in [1.165, 1.54) is 36.5 Å². The Bertz CT molecular complexity index is 1260. The van der Waals surface area contributed by atoms with Crippen molar-refractivity contribution < 1.29 is 43.9 Å². The molecule has 2 aromatic rings. The molecule has 0 aliphatic carbocycles. The molecule has 0 radical (unpaired) electrons. The summed E-state index contributed by atoms with van der Waals surface area (Å²) in [5, 5.41) is 0. The van der Waals surface area contributed by atoms with Gasteiger partial charge in [0.05, 0.1) is 16.9 Å². The SMILES string of the molecule is CCS(=O)(=O)N1CC[C@@H](C(=O)N(C)Cc2cc(C(F)(F)F)cc(C(F)(F)F)c2)[C@H](c2ccc(F)cc2C)C1. The first-order valence-electron chi connectivity index (χ1n) is 11.7. The number of sulfonamides is 1. The Hall–Kier alpha value is -2.67. The molecule has 38 heavy (non-hydrogen) atoms. The highest BCUT2D eigenvalue weighted by Crippen LogP contribution is 2.38. The predicted octanol–water partition coefficient (Wildman–Crippen LogP) is 5.59. The van der Waals surface area contributed by atoms with E-state index in [0.717, 1.165) is 4.90 Å². The van der Waals surface area contributed by atoms with Gasteiger partial charge in [0.1, 0.15) is 5.82 Å². The van der Waals surface area contributed by atoms with Crippen LogP contribution in [-0.4, -0.2) is 49.4 Å². The van der Waals surface area contributed by atoms with Crippen LogP contribution in [0.2, 0.25) is 0 Å². The molecule has 1 amide bonds. The highest BCUT2D eigenvalue weighted by molar-refractivity contribution is 7.89. The van der Waals surface area contributed by atoms with Gasteiger partial charge in [0, 0.05) is 38.5 Å². The van der Waals surface area contributed by atoms with Crippen molar-refractivity contribution >= 4 is 15.9 Å². The summed E-state index contributed by atoms with van der Waals surface area (Å²) in [6, 6.07) is 5.04. The molecule has 2 aromatic carbocycles. The van der Waals surface area contributed by atoms with Gasteiger partial charge >= 0.3 is 12.4 Å². The molecule has 1 aliphatic rings. The molecular formula is C25H27F7N2O3S. The smallest absolute Gasteiger partial charge is 0.341 e. The fraction of sp³-hybridized carbons (Fsp3) is 0.480. The highest BCUT2D eigenvalue weighted by atomic mass is 32.2. The van der Waals surface area contributed by atoms with E-state index in [9.17, 15) is 43.9 Å². The molecule has 210 valence electrons. The number of hydrogen-bond donors (Lipinski definition) is 0. The molecule has 0 unspecified atom stereocenters. The van der Waals surface area contributed by atoms with Crippen molar-refractivity contribution in [1.82, 2.24) is 9.21 Å². The van der Waals surface area contributed by atoms with E-state index in [4.69, 9.17) is 0 Å². The van der Waals surface area contributed by atoms with Crippen LogP contribution in [0.4, 0.5) is 30.7 Å². The van der Waals surface area contributed by atoms with Gasteiger partial charge in [-0.05, 0) is 67.3 Å². The van der Waals surface area contributed by atoms with Gasteiger partial charge in [0.2, 0.25) is 15.9 Å². The number of rotatable bonds is 6. The fourth-order valence-corrected chi connectivity index (χ4v) is 5.91. The van der Waals surface area contributed by atoms with Gasteiger partial charge in [-0.2, -0.15) is 26.3 Å². The monoisotopic (exact) mass is 568 g/mol. The van der Waals surface area contributed by atoms with E-state index in [0.29, 0.717) is 23.3 Å². The van der Waals surface area contributed by atoms with E-state index >= 15 is 0 Å². The zero-order valence-corrected chi connectivity index (χ0v) is 21.6. The maximum absolute atomic E-state index is 13.8. The van der Waals surface area contributed by atoms with Crippen molar-refractivity contribution in [1.29, 1.82) is 0 Å². The summed E-state index contributed by atoms with van der Waals surface area (Å²) in [4.78, 5) is 14.5. The van der Waals surface area contributed by atoms with Gasteiger partial charge in [0.15, 0.2) is 0 Å². The number of nitrogens with zero attached hydrogens (tertiary/aromatic N) is 2. The normalized spacial score (nSPS) is 19.4. The van der Waals surface area contributed by atoms with Crippen LogP contribution in [0, 0.1) is 18.7 Å². The second-order valence-electron chi connectivity index (χ2n) is 9.37. The van der Waals surface area contributed by atoms with E-state index in [-0.39, 0.29) is 36.9 Å². The standard InChI is InChI=1S/C25H27F7N2O3S/c1-4-38(36,37)34-8-7-21(22(14-34)20-6-5-19(26)9-15(20)2)23(35)33(3)13-16-10-17(24(27,28)29)12-18(11-16)25(30,31)32/h5-6,9-12,21-22H,4,7-8,13-14H2,1-3H3/t21-,22+/m1/s1. The second kappa shape index (κ2) is 10.8. The maximum atomic E-state index is 13.8. The third-order valence-corrected chi connectivity index (χ3v) is 8.57. The van der Waals surface area contributed by atoms with E-state index < -0.39 is 63.6 Å². The van der Waals surface area contributed by atoms with E-state index in [1.807, 2.05) is 0 Å². The lowest BCUT2D eigenvalue weighted by atomic mass is 9.79. The predicted molar refractivity (Wildman–Crippen MR) is 126 cm³/mol. The third-order valence-electron chi connectivity index (χ3n) is 6.73. The van der Waals surface area contributed by atoms with Gasteiger partial charge < -0.3 is 4.90 Å². The molecule has 1 fully saturated rings. The van der Waals surface area contributed by atoms with Crippen LogP contribution in [0.5, 0.6) is 0 Å². The quantitative estimate of drug-likeness (QED) is 0.428. The number of aryl methyl sites for hydroxylation is 1. The number of carbonyl (C=O) groups is 1. The molecule has 0 N–H and O–H groups in total. The minimum atomic E-state index is -5.03. The minimum Gasteiger partial charge on any atom is -0.341 e. The first-order chi connectivity index (χ1) is 17.4. The molecule has 3 rings (SSSR count). The Labute approximate surface area is 216 Å². The van der Waals surface area contributed by atoms with Crippen molar-refractivity contribution in [2.45, 2.75) is 45.1 Å². The zero-order chi connectivity index (χ0) is 28.6. The largest absolute Gasteiger partial charge is 0.416 e. The van der Waals surface area contributed by atoms with Crippen molar-refractivity contribution in [3.05, 3.63) is 70.0 Å². The topological polar surface area (TPSA) is 57.7 Å². The summed E-state index contributed by atoms with van der Waals surface area (Å²) in [5.41, 5.74) is -2.31. The number of piperidine rings is 1. The Morgan fingerprint density at radius 2 is 1.61 bits per heavy atom. The number of benzene rings is 2. The first kappa shape index (κ1) is 29.9. The number of carbonyl (C=O) groups excluding carboxylic acids is 1. The van der Waals surface area contributed by atoms with E-state index in [2.05, 4.69) is 0 Å². The molecule has 1 saturated heterocycles. The second-order valence-corrected chi connectivity index (χ2v) is 11.6. The van der Waals surface area contributed by atoms with Crippen LogP contribution in [0.15, 0.2) is 36.4 Å². The van der Waals surface area contributed by atoms with E-state index in [1.54, 1.807) is 6.92 Å². The first-order valence-corrected chi connectivity index (χ1v) is 13.3.